The van der Waals surface area contributed by atoms with Gasteiger partial charge in [-0.05, 0) is 19.1 Å². The van der Waals surface area contributed by atoms with Crippen LogP contribution in [0.25, 0.3) is 0 Å². The van der Waals surface area contributed by atoms with Gasteiger partial charge in [0.1, 0.15) is 0 Å². The van der Waals surface area contributed by atoms with Crippen LogP contribution < -0.4 is 10.2 Å². The fraction of sp³-hybridized carbons (Fsp3) is 0.294. The van der Waals surface area contributed by atoms with Gasteiger partial charge in [-0.15, -0.1) is 0 Å². The van der Waals surface area contributed by atoms with E-state index in [1.807, 2.05) is 4.90 Å². The number of benzene rings is 1. The summed E-state index contributed by atoms with van der Waals surface area (Å²) in [5.41, 5.74) is 1.56. The molecular formula is C17H18N4O3. The summed E-state index contributed by atoms with van der Waals surface area (Å²) >= 11 is 0. The number of ketones is 1. The van der Waals surface area contributed by atoms with Crippen LogP contribution >= 0.6 is 0 Å². The standard InChI is InChI=1S/C17H18N4O3/c1-12(22)13-2-4-14(5-3-13)16(23)20-15-10-18-17(19-11-15)21-6-8-24-9-7-21/h2-5,10-11H,6-9H2,1H3,(H,20,23). The summed E-state index contributed by atoms with van der Waals surface area (Å²) < 4.78 is 5.29. The highest BCUT2D eigenvalue weighted by molar-refractivity contribution is 6.04. The Morgan fingerprint density at radius 3 is 2.21 bits per heavy atom. The van der Waals surface area contributed by atoms with Gasteiger partial charge in [0.2, 0.25) is 5.95 Å². The largest absolute Gasteiger partial charge is 0.378 e. The van der Waals surface area contributed by atoms with Gasteiger partial charge in [-0.25, -0.2) is 9.97 Å². The lowest BCUT2D eigenvalue weighted by Gasteiger charge is -2.26. The molecular weight excluding hydrogens is 308 g/mol. The summed E-state index contributed by atoms with van der Waals surface area (Å²) in [5, 5.41) is 2.74. The zero-order chi connectivity index (χ0) is 16.9. The quantitative estimate of drug-likeness (QED) is 0.862. The zero-order valence-corrected chi connectivity index (χ0v) is 13.4. The first kappa shape index (κ1) is 16.1. The van der Waals surface area contributed by atoms with Gasteiger partial charge in [-0.1, -0.05) is 12.1 Å². The van der Waals surface area contributed by atoms with E-state index in [4.69, 9.17) is 4.74 Å². The van der Waals surface area contributed by atoms with Crippen molar-refractivity contribution in [3.8, 4) is 0 Å². The third-order valence-electron chi connectivity index (χ3n) is 3.74. The van der Waals surface area contributed by atoms with Gasteiger partial charge >= 0.3 is 0 Å². The molecule has 1 amide bonds. The highest BCUT2D eigenvalue weighted by atomic mass is 16.5. The summed E-state index contributed by atoms with van der Waals surface area (Å²) in [4.78, 5) is 34.1. The molecule has 7 nitrogen and oxygen atoms in total. The van der Waals surface area contributed by atoms with Crippen LogP contribution in [0.4, 0.5) is 11.6 Å². The SMILES string of the molecule is CC(=O)c1ccc(C(=O)Nc2cnc(N3CCOCC3)nc2)cc1. The summed E-state index contributed by atoms with van der Waals surface area (Å²) in [6, 6.07) is 6.51. The van der Waals surface area contributed by atoms with E-state index >= 15 is 0 Å². The molecule has 0 radical (unpaired) electrons. The first-order chi connectivity index (χ1) is 11.6. The number of aromatic nitrogens is 2. The molecule has 1 aliphatic heterocycles. The Bertz CT molecular complexity index is 723. The molecule has 1 N–H and O–H groups in total. The van der Waals surface area contributed by atoms with Crippen LogP contribution in [0, 0.1) is 0 Å². The topological polar surface area (TPSA) is 84.4 Å². The van der Waals surface area contributed by atoms with Crippen LogP contribution in [0.2, 0.25) is 0 Å². The number of Topliss-reactive ketones (excluding diaryl/α,β-unsaturated/α-hetero) is 1. The number of rotatable bonds is 4. The summed E-state index contributed by atoms with van der Waals surface area (Å²) in [7, 11) is 0. The van der Waals surface area contributed by atoms with Crippen molar-refractivity contribution in [3.05, 3.63) is 47.8 Å². The summed E-state index contributed by atoms with van der Waals surface area (Å²) in [6.45, 7) is 4.33. The minimum absolute atomic E-state index is 0.0333. The molecule has 0 aliphatic carbocycles. The Hall–Kier alpha value is -2.80. The van der Waals surface area contributed by atoms with Crippen LogP contribution in [-0.4, -0.2) is 48.0 Å². The molecule has 0 spiro atoms. The molecule has 0 unspecified atom stereocenters. The number of morpholine rings is 1. The molecule has 24 heavy (non-hydrogen) atoms. The summed E-state index contributed by atoms with van der Waals surface area (Å²) in [5.74, 6) is 0.323. The Labute approximate surface area is 139 Å². The molecule has 1 fully saturated rings. The Balaban J connectivity index is 1.64. The van der Waals surface area contributed by atoms with Crippen LogP contribution in [0.3, 0.4) is 0 Å². The van der Waals surface area contributed by atoms with E-state index < -0.39 is 0 Å². The van der Waals surface area contributed by atoms with E-state index in [9.17, 15) is 9.59 Å². The fourth-order valence-corrected chi connectivity index (χ4v) is 2.37. The zero-order valence-electron chi connectivity index (χ0n) is 13.4. The molecule has 7 heteroatoms. The lowest BCUT2D eigenvalue weighted by molar-refractivity contribution is 0.100. The maximum Gasteiger partial charge on any atom is 0.255 e. The molecule has 1 aromatic carbocycles. The number of ether oxygens (including phenoxy) is 1. The average Bonchev–Trinajstić information content (AvgIpc) is 2.63. The van der Waals surface area contributed by atoms with Crippen molar-refractivity contribution in [2.75, 3.05) is 36.5 Å². The van der Waals surface area contributed by atoms with Crippen molar-refractivity contribution >= 4 is 23.3 Å². The van der Waals surface area contributed by atoms with Gasteiger partial charge in [0.05, 0.1) is 31.3 Å². The average molecular weight is 326 g/mol. The lowest BCUT2D eigenvalue weighted by Crippen LogP contribution is -2.37. The fourth-order valence-electron chi connectivity index (χ4n) is 2.37. The molecule has 2 aromatic rings. The van der Waals surface area contributed by atoms with E-state index in [1.165, 1.54) is 6.92 Å². The van der Waals surface area contributed by atoms with Crippen LogP contribution in [0.5, 0.6) is 0 Å². The predicted octanol–water partition coefficient (Wildman–Crippen LogP) is 1.77. The highest BCUT2D eigenvalue weighted by Crippen LogP contribution is 2.13. The third kappa shape index (κ3) is 3.75. The van der Waals surface area contributed by atoms with Crippen molar-refractivity contribution in [3.63, 3.8) is 0 Å². The molecule has 0 saturated carbocycles. The van der Waals surface area contributed by atoms with Gasteiger partial charge in [0, 0.05) is 24.2 Å². The first-order valence-electron chi connectivity index (χ1n) is 7.70. The molecule has 1 aromatic heterocycles. The number of nitrogens with one attached hydrogen (secondary N) is 1. The Morgan fingerprint density at radius 1 is 1.04 bits per heavy atom. The Morgan fingerprint density at radius 2 is 1.62 bits per heavy atom. The van der Waals surface area contributed by atoms with Crippen molar-refractivity contribution in [1.82, 2.24) is 9.97 Å². The van der Waals surface area contributed by atoms with Crippen LogP contribution in [-0.2, 0) is 4.74 Å². The van der Waals surface area contributed by atoms with Crippen molar-refractivity contribution in [2.45, 2.75) is 6.92 Å². The van der Waals surface area contributed by atoms with E-state index in [0.29, 0.717) is 36.0 Å². The van der Waals surface area contributed by atoms with E-state index in [2.05, 4.69) is 15.3 Å². The first-order valence-corrected chi connectivity index (χ1v) is 7.70. The van der Waals surface area contributed by atoms with E-state index in [1.54, 1.807) is 36.7 Å². The molecule has 0 atom stereocenters. The lowest BCUT2D eigenvalue weighted by atomic mass is 10.1. The van der Waals surface area contributed by atoms with Crippen molar-refractivity contribution in [2.24, 2.45) is 0 Å². The number of anilines is 2. The molecule has 1 saturated heterocycles. The highest BCUT2D eigenvalue weighted by Gasteiger charge is 2.14. The minimum atomic E-state index is -0.271. The second-order valence-corrected chi connectivity index (χ2v) is 5.46. The smallest absolute Gasteiger partial charge is 0.255 e. The van der Waals surface area contributed by atoms with Crippen molar-refractivity contribution < 1.29 is 14.3 Å². The van der Waals surface area contributed by atoms with Gasteiger partial charge in [0.15, 0.2) is 5.78 Å². The maximum atomic E-state index is 12.2. The van der Waals surface area contributed by atoms with Crippen molar-refractivity contribution in [1.29, 1.82) is 0 Å². The van der Waals surface area contributed by atoms with Gasteiger partial charge in [0.25, 0.3) is 5.91 Å². The minimum Gasteiger partial charge on any atom is -0.378 e. The normalized spacial score (nSPS) is 14.3. The Kier molecular flexibility index (Phi) is 4.81. The maximum absolute atomic E-state index is 12.2. The molecule has 124 valence electrons. The molecule has 2 heterocycles. The van der Waals surface area contributed by atoms with Gasteiger partial charge in [-0.3, -0.25) is 9.59 Å². The number of amides is 1. The number of carbonyl (C=O) groups excluding carboxylic acids is 2. The van der Waals surface area contributed by atoms with Gasteiger partial charge < -0.3 is 15.0 Å². The predicted molar refractivity (Wildman–Crippen MR) is 89.5 cm³/mol. The third-order valence-corrected chi connectivity index (χ3v) is 3.74. The number of carbonyl (C=O) groups is 2. The molecule has 0 bridgehead atoms. The van der Waals surface area contributed by atoms with Crippen LogP contribution in [0.15, 0.2) is 36.7 Å². The van der Waals surface area contributed by atoms with Crippen LogP contribution in [0.1, 0.15) is 27.6 Å². The second kappa shape index (κ2) is 7.18. The number of hydrogen-bond donors (Lipinski definition) is 1. The monoisotopic (exact) mass is 326 g/mol. The van der Waals surface area contributed by atoms with E-state index in [-0.39, 0.29) is 11.7 Å². The molecule has 1 aliphatic rings. The number of nitrogens with zero attached hydrogens (tertiary/aromatic N) is 3. The van der Waals surface area contributed by atoms with E-state index in [0.717, 1.165) is 13.1 Å². The summed E-state index contributed by atoms with van der Waals surface area (Å²) in [6.07, 6.45) is 3.17. The molecule has 3 rings (SSSR count). The van der Waals surface area contributed by atoms with Gasteiger partial charge in [-0.2, -0.15) is 0 Å². The number of hydrogen-bond acceptors (Lipinski definition) is 6. The second-order valence-electron chi connectivity index (χ2n) is 5.46.